The maximum Gasteiger partial charge on any atom is 0.314 e. The molecule has 0 spiro atoms. The zero-order valence-electron chi connectivity index (χ0n) is 17.6. The van der Waals surface area contributed by atoms with Crippen molar-refractivity contribution in [3.63, 3.8) is 0 Å². The average molecular weight is 446 g/mol. The lowest BCUT2D eigenvalue weighted by atomic mass is 9.98. The second-order valence-electron chi connectivity index (χ2n) is 7.76. The van der Waals surface area contributed by atoms with Crippen molar-refractivity contribution in [1.29, 1.82) is 0 Å². The van der Waals surface area contributed by atoms with Gasteiger partial charge < -0.3 is 14.2 Å². The Morgan fingerprint density at radius 2 is 1.71 bits per heavy atom. The number of benzene rings is 2. The highest BCUT2D eigenvalue weighted by molar-refractivity contribution is 7.89. The highest BCUT2D eigenvalue weighted by atomic mass is 32.2. The van der Waals surface area contributed by atoms with E-state index in [-0.39, 0.29) is 29.9 Å². The molecule has 1 fully saturated rings. The predicted molar refractivity (Wildman–Crippen MR) is 115 cm³/mol. The molecule has 31 heavy (non-hydrogen) atoms. The number of nitrogens with zero attached hydrogens (tertiary/aromatic N) is 1. The largest absolute Gasteiger partial charge is 0.490 e. The van der Waals surface area contributed by atoms with Crippen molar-refractivity contribution >= 4 is 16.0 Å². The molecule has 4 rings (SSSR count). The number of hydrogen-bond acceptors (Lipinski definition) is 6. The first-order valence-corrected chi connectivity index (χ1v) is 12.1. The number of esters is 1. The Hall–Kier alpha value is -2.58. The number of rotatable bonds is 5. The molecular weight excluding hydrogens is 418 g/mol. The SMILES string of the molecule is CCc1ccc(OC(=O)C2CCN(S(=O)(=O)c3ccc4c(c3)OCCCO4)CC2)cc1. The molecule has 7 nitrogen and oxygen atoms in total. The van der Waals surface area contributed by atoms with Gasteiger partial charge in [0.1, 0.15) is 5.75 Å². The Bertz CT molecular complexity index is 1030. The molecule has 2 aromatic rings. The molecule has 8 heteroatoms. The minimum atomic E-state index is -3.68. The number of carbonyl (C=O) groups excluding carboxylic acids is 1. The summed E-state index contributed by atoms with van der Waals surface area (Å²) in [5.74, 6) is 0.901. The van der Waals surface area contributed by atoms with Crippen molar-refractivity contribution in [2.45, 2.75) is 37.5 Å². The molecule has 0 amide bonds. The monoisotopic (exact) mass is 445 g/mol. The standard InChI is InChI=1S/C23H27NO6S/c1-2-17-4-6-19(7-5-17)30-23(25)18-10-12-24(13-11-18)31(26,27)20-8-9-21-22(16-20)29-15-3-14-28-21/h4-9,16,18H,2-3,10-15H2,1H3. The molecule has 0 bridgehead atoms. The Balaban J connectivity index is 1.38. The summed E-state index contributed by atoms with van der Waals surface area (Å²) in [6, 6.07) is 12.2. The van der Waals surface area contributed by atoms with Gasteiger partial charge in [-0.3, -0.25) is 4.79 Å². The van der Waals surface area contributed by atoms with E-state index in [1.165, 1.54) is 15.9 Å². The quantitative estimate of drug-likeness (QED) is 0.518. The highest BCUT2D eigenvalue weighted by Gasteiger charge is 2.33. The van der Waals surface area contributed by atoms with E-state index < -0.39 is 10.0 Å². The topological polar surface area (TPSA) is 82.1 Å². The molecule has 0 saturated carbocycles. The number of aryl methyl sites for hydroxylation is 1. The minimum absolute atomic E-state index is 0.175. The van der Waals surface area contributed by atoms with Crippen LogP contribution in [0.5, 0.6) is 17.2 Å². The summed E-state index contributed by atoms with van der Waals surface area (Å²) in [4.78, 5) is 12.7. The first kappa shape index (κ1) is 21.6. The van der Waals surface area contributed by atoms with E-state index in [0.717, 1.165) is 12.8 Å². The molecule has 2 aromatic carbocycles. The summed E-state index contributed by atoms with van der Waals surface area (Å²) in [6.07, 6.45) is 2.53. The van der Waals surface area contributed by atoms with Crippen LogP contribution in [-0.2, 0) is 21.2 Å². The lowest BCUT2D eigenvalue weighted by Crippen LogP contribution is -2.41. The average Bonchev–Trinajstić information content (AvgIpc) is 3.04. The van der Waals surface area contributed by atoms with Gasteiger partial charge in [-0.25, -0.2) is 8.42 Å². The Labute approximate surface area is 183 Å². The summed E-state index contributed by atoms with van der Waals surface area (Å²) in [7, 11) is -3.68. The molecule has 0 radical (unpaired) electrons. The molecule has 0 aliphatic carbocycles. The van der Waals surface area contributed by atoms with E-state index in [2.05, 4.69) is 6.92 Å². The van der Waals surface area contributed by atoms with E-state index in [9.17, 15) is 13.2 Å². The molecule has 0 aromatic heterocycles. The van der Waals surface area contributed by atoms with Crippen LogP contribution in [0, 0.1) is 5.92 Å². The highest BCUT2D eigenvalue weighted by Crippen LogP contribution is 2.34. The maximum absolute atomic E-state index is 13.1. The number of carbonyl (C=O) groups is 1. The van der Waals surface area contributed by atoms with Crippen molar-refractivity contribution in [3.8, 4) is 17.2 Å². The molecule has 0 N–H and O–H groups in total. The lowest BCUT2D eigenvalue weighted by molar-refractivity contribution is -0.140. The van der Waals surface area contributed by atoms with Crippen molar-refractivity contribution in [2.24, 2.45) is 5.92 Å². The second kappa shape index (κ2) is 9.28. The van der Waals surface area contributed by atoms with Crippen molar-refractivity contribution in [3.05, 3.63) is 48.0 Å². The summed E-state index contributed by atoms with van der Waals surface area (Å²) in [5.41, 5.74) is 1.17. The van der Waals surface area contributed by atoms with E-state index in [1.807, 2.05) is 12.1 Å². The molecule has 2 aliphatic rings. The van der Waals surface area contributed by atoms with Crippen LogP contribution in [-0.4, -0.2) is 45.0 Å². The summed E-state index contributed by atoms with van der Waals surface area (Å²) in [5, 5.41) is 0. The van der Waals surface area contributed by atoms with Gasteiger partial charge in [0, 0.05) is 25.6 Å². The van der Waals surface area contributed by atoms with Gasteiger partial charge in [0.05, 0.1) is 24.0 Å². The predicted octanol–water partition coefficient (Wildman–Crippen LogP) is 3.42. The molecule has 166 valence electrons. The van der Waals surface area contributed by atoms with Crippen molar-refractivity contribution in [2.75, 3.05) is 26.3 Å². The van der Waals surface area contributed by atoms with E-state index in [4.69, 9.17) is 14.2 Å². The zero-order valence-corrected chi connectivity index (χ0v) is 18.4. The zero-order chi connectivity index (χ0) is 21.8. The molecule has 2 heterocycles. The third-order valence-electron chi connectivity index (χ3n) is 5.69. The van der Waals surface area contributed by atoms with Crippen molar-refractivity contribution in [1.82, 2.24) is 4.31 Å². The fourth-order valence-electron chi connectivity index (χ4n) is 3.78. The number of fused-ring (bicyclic) bond motifs is 1. The van der Waals surface area contributed by atoms with Crippen LogP contribution in [0.2, 0.25) is 0 Å². The van der Waals surface area contributed by atoms with Gasteiger partial charge in [0.25, 0.3) is 0 Å². The molecule has 1 saturated heterocycles. The van der Waals surface area contributed by atoms with Gasteiger partial charge in [0.2, 0.25) is 10.0 Å². The van der Waals surface area contributed by atoms with Crippen molar-refractivity contribution < 1.29 is 27.4 Å². The Kier molecular flexibility index (Phi) is 6.48. The van der Waals surface area contributed by atoms with Gasteiger partial charge in [0.15, 0.2) is 11.5 Å². The van der Waals surface area contributed by atoms with E-state index in [0.29, 0.717) is 43.3 Å². The van der Waals surface area contributed by atoms with E-state index in [1.54, 1.807) is 24.3 Å². The smallest absolute Gasteiger partial charge is 0.314 e. The van der Waals surface area contributed by atoms with Gasteiger partial charge in [-0.15, -0.1) is 0 Å². The third-order valence-corrected chi connectivity index (χ3v) is 7.59. The summed E-state index contributed by atoms with van der Waals surface area (Å²) < 4.78 is 44.3. The number of piperidine rings is 1. The molecule has 0 atom stereocenters. The van der Waals surface area contributed by atoms with Gasteiger partial charge >= 0.3 is 5.97 Å². The third kappa shape index (κ3) is 4.85. The van der Waals surface area contributed by atoms with Crippen LogP contribution in [0.3, 0.4) is 0 Å². The molecular formula is C23H27NO6S. The number of hydrogen-bond donors (Lipinski definition) is 0. The van der Waals surface area contributed by atoms with Crippen LogP contribution in [0.25, 0.3) is 0 Å². The fourth-order valence-corrected chi connectivity index (χ4v) is 5.26. The van der Waals surface area contributed by atoms with Crippen LogP contribution in [0.1, 0.15) is 31.7 Å². The Morgan fingerprint density at radius 3 is 2.39 bits per heavy atom. The second-order valence-corrected chi connectivity index (χ2v) is 9.69. The normalized spacial score (nSPS) is 17.7. The summed E-state index contributed by atoms with van der Waals surface area (Å²) in [6.45, 7) is 3.64. The Morgan fingerprint density at radius 1 is 1.03 bits per heavy atom. The fraction of sp³-hybridized carbons (Fsp3) is 0.435. The minimum Gasteiger partial charge on any atom is -0.490 e. The number of ether oxygens (including phenoxy) is 3. The first-order chi connectivity index (χ1) is 15.0. The molecule has 2 aliphatic heterocycles. The van der Waals surface area contributed by atoms with E-state index >= 15 is 0 Å². The molecule has 0 unspecified atom stereocenters. The number of sulfonamides is 1. The van der Waals surface area contributed by atoms with Crippen LogP contribution in [0.15, 0.2) is 47.4 Å². The van der Waals surface area contributed by atoms with Crippen LogP contribution >= 0.6 is 0 Å². The van der Waals surface area contributed by atoms with Gasteiger partial charge in [-0.1, -0.05) is 19.1 Å². The van der Waals surface area contributed by atoms with Crippen LogP contribution < -0.4 is 14.2 Å². The summed E-state index contributed by atoms with van der Waals surface area (Å²) >= 11 is 0. The first-order valence-electron chi connectivity index (χ1n) is 10.7. The maximum atomic E-state index is 13.1. The van der Waals surface area contributed by atoms with Gasteiger partial charge in [-0.2, -0.15) is 4.31 Å². The van der Waals surface area contributed by atoms with Crippen LogP contribution in [0.4, 0.5) is 0 Å². The lowest BCUT2D eigenvalue weighted by Gasteiger charge is -2.30. The van der Waals surface area contributed by atoms with Gasteiger partial charge in [-0.05, 0) is 49.1 Å².